The second-order valence-corrected chi connectivity index (χ2v) is 8.42. The average molecular weight is 395 g/mol. The Kier molecular flexibility index (Phi) is 4.85. The Bertz CT molecular complexity index is 1030. The maximum absolute atomic E-state index is 12.3. The summed E-state index contributed by atoms with van der Waals surface area (Å²) >= 11 is 7.87. The fourth-order valence-electron chi connectivity index (χ4n) is 3.67. The van der Waals surface area contributed by atoms with Crippen molar-refractivity contribution in [2.24, 2.45) is 0 Å². The maximum atomic E-state index is 12.3. The van der Waals surface area contributed by atoms with Gasteiger partial charge in [-0.25, -0.2) is 0 Å². The summed E-state index contributed by atoms with van der Waals surface area (Å²) in [5, 5.41) is 0. The summed E-state index contributed by atoms with van der Waals surface area (Å²) in [5.41, 5.74) is 5.38. The Morgan fingerprint density at radius 2 is 2.07 bits per heavy atom. The number of halogens is 1. The predicted molar refractivity (Wildman–Crippen MR) is 111 cm³/mol. The minimum atomic E-state index is -0.0543. The number of hydrogen-bond acceptors (Lipinski definition) is 3. The van der Waals surface area contributed by atoms with Gasteiger partial charge in [-0.05, 0) is 42.3 Å². The van der Waals surface area contributed by atoms with Crippen LogP contribution in [0.15, 0.2) is 61.2 Å². The zero-order valence-corrected chi connectivity index (χ0v) is 16.6. The molecule has 0 saturated heterocycles. The van der Waals surface area contributed by atoms with E-state index in [2.05, 4.69) is 18.7 Å². The van der Waals surface area contributed by atoms with Gasteiger partial charge in [-0.15, -0.1) is 11.3 Å². The van der Waals surface area contributed by atoms with Gasteiger partial charge in [-0.1, -0.05) is 48.5 Å². The zero-order valence-electron chi connectivity index (χ0n) is 15.0. The first-order chi connectivity index (χ1) is 13.1. The van der Waals surface area contributed by atoms with Gasteiger partial charge < -0.3 is 4.90 Å². The number of thiophene rings is 1. The van der Waals surface area contributed by atoms with Crippen LogP contribution in [0.2, 0.25) is 4.34 Å². The van der Waals surface area contributed by atoms with E-state index in [1.54, 1.807) is 11.3 Å². The lowest BCUT2D eigenvalue weighted by Crippen LogP contribution is -2.37. The van der Waals surface area contributed by atoms with Gasteiger partial charge in [0.25, 0.3) is 0 Å². The van der Waals surface area contributed by atoms with Crippen molar-refractivity contribution in [2.45, 2.75) is 19.4 Å². The normalized spacial score (nSPS) is 16.1. The highest BCUT2D eigenvalue weighted by atomic mass is 35.5. The van der Waals surface area contributed by atoms with Crippen molar-refractivity contribution in [3.63, 3.8) is 0 Å². The maximum Gasteiger partial charge on any atom is 0.246 e. The van der Waals surface area contributed by atoms with Crippen LogP contribution < -0.4 is 0 Å². The molecule has 0 saturated carbocycles. The quantitative estimate of drug-likeness (QED) is 0.555. The summed E-state index contributed by atoms with van der Waals surface area (Å²) in [6, 6.07) is 16.4. The molecule has 27 heavy (non-hydrogen) atoms. The van der Waals surface area contributed by atoms with Crippen molar-refractivity contribution in [3.05, 3.63) is 87.2 Å². The lowest BCUT2D eigenvalue weighted by atomic mass is 9.85. The molecule has 3 heterocycles. The molecule has 1 aromatic carbocycles. The molecule has 0 fully saturated rings. The smallest absolute Gasteiger partial charge is 0.246 e. The van der Waals surface area contributed by atoms with Gasteiger partial charge in [0.2, 0.25) is 5.91 Å². The largest absolute Gasteiger partial charge is 0.333 e. The number of fused-ring (bicyclic) bond motifs is 1. The van der Waals surface area contributed by atoms with Crippen LogP contribution in [0.3, 0.4) is 0 Å². The van der Waals surface area contributed by atoms with Crippen LogP contribution in [-0.2, 0) is 11.3 Å². The van der Waals surface area contributed by atoms with E-state index in [9.17, 15) is 4.79 Å². The van der Waals surface area contributed by atoms with Crippen LogP contribution >= 0.6 is 22.9 Å². The third-order valence-corrected chi connectivity index (χ3v) is 6.18. The van der Waals surface area contributed by atoms with E-state index in [1.165, 1.54) is 11.6 Å². The van der Waals surface area contributed by atoms with Gasteiger partial charge >= 0.3 is 0 Å². The Balaban J connectivity index is 1.85. The summed E-state index contributed by atoms with van der Waals surface area (Å²) < 4.78 is 0.754. The molecule has 5 heteroatoms. The number of hydrogen-bond donors (Lipinski definition) is 0. The number of benzene rings is 1. The Morgan fingerprint density at radius 1 is 1.26 bits per heavy atom. The lowest BCUT2D eigenvalue weighted by molar-refractivity contribution is -0.127. The van der Waals surface area contributed by atoms with Gasteiger partial charge in [0, 0.05) is 28.6 Å². The number of carbonyl (C=O) groups is 1. The molecule has 2 aromatic heterocycles. The summed E-state index contributed by atoms with van der Waals surface area (Å²) in [6.45, 7) is 6.83. The predicted octanol–water partition coefficient (Wildman–Crippen LogP) is 5.43. The molecule has 0 spiro atoms. The molecule has 1 atom stereocenters. The average Bonchev–Trinajstić information content (AvgIpc) is 3.06. The summed E-state index contributed by atoms with van der Waals surface area (Å²) in [5.74, 6) is 0.00115. The first-order valence-corrected chi connectivity index (χ1v) is 9.98. The van der Waals surface area contributed by atoms with E-state index < -0.39 is 0 Å². The van der Waals surface area contributed by atoms with Gasteiger partial charge in [-0.2, -0.15) is 0 Å². The molecule has 3 nitrogen and oxygen atoms in total. The molecule has 1 amide bonds. The molecule has 3 aromatic rings. The highest BCUT2D eigenvalue weighted by molar-refractivity contribution is 7.16. The molecule has 0 N–H and O–H groups in total. The van der Waals surface area contributed by atoms with Crippen LogP contribution in [0.4, 0.5) is 0 Å². The molecule has 4 rings (SSSR count). The molecule has 136 valence electrons. The van der Waals surface area contributed by atoms with Crippen molar-refractivity contribution in [1.29, 1.82) is 0 Å². The van der Waals surface area contributed by atoms with Gasteiger partial charge in [-0.3, -0.25) is 9.78 Å². The number of aromatic nitrogens is 1. The number of aryl methyl sites for hydroxylation is 1. The third kappa shape index (κ3) is 3.43. The van der Waals surface area contributed by atoms with Crippen LogP contribution in [0, 0.1) is 6.92 Å². The molecule has 0 bridgehead atoms. The third-order valence-electron chi connectivity index (χ3n) is 4.91. The first-order valence-electron chi connectivity index (χ1n) is 8.79. The standard InChI is InChI=1S/C22H19ClN2OS/c1-3-22(26)25-12-18(17-11-21(23)27-20(17)13-25)15-8-4-5-9-16(15)19-10-6-7-14(2)24-19/h3-11,18H,1,12-13H2,2H3/t18-/m1/s1. The molecule has 1 aliphatic heterocycles. The Labute approximate surface area is 167 Å². The number of amides is 1. The van der Waals surface area contributed by atoms with Crippen molar-refractivity contribution in [2.75, 3.05) is 6.54 Å². The highest BCUT2D eigenvalue weighted by Crippen LogP contribution is 2.42. The second kappa shape index (κ2) is 7.29. The number of pyridine rings is 1. The molecular formula is C22H19ClN2OS. The van der Waals surface area contributed by atoms with Crippen molar-refractivity contribution in [1.82, 2.24) is 9.88 Å². The minimum absolute atomic E-state index is 0.0543. The zero-order chi connectivity index (χ0) is 19.0. The summed E-state index contributed by atoms with van der Waals surface area (Å²) in [6.07, 6.45) is 1.38. The number of rotatable bonds is 3. The molecule has 1 aliphatic rings. The minimum Gasteiger partial charge on any atom is -0.333 e. The fourth-order valence-corrected chi connectivity index (χ4v) is 5.03. The molecule has 0 aliphatic carbocycles. The van der Waals surface area contributed by atoms with Crippen LogP contribution in [0.1, 0.15) is 27.6 Å². The SMILES string of the molecule is C=CC(=O)N1Cc2sc(Cl)cc2[C@@H](c2ccccc2-c2cccc(C)n2)C1. The van der Waals surface area contributed by atoms with E-state index >= 15 is 0 Å². The van der Waals surface area contributed by atoms with Crippen molar-refractivity contribution in [3.8, 4) is 11.3 Å². The first kappa shape index (κ1) is 18.0. The van der Waals surface area contributed by atoms with Gasteiger partial charge in [0.05, 0.1) is 16.6 Å². The van der Waals surface area contributed by atoms with E-state index in [1.807, 2.05) is 48.2 Å². The van der Waals surface area contributed by atoms with Crippen LogP contribution in [0.5, 0.6) is 0 Å². The van der Waals surface area contributed by atoms with E-state index in [0.717, 1.165) is 31.7 Å². The highest BCUT2D eigenvalue weighted by Gasteiger charge is 2.31. The van der Waals surface area contributed by atoms with E-state index in [-0.39, 0.29) is 11.8 Å². The number of carbonyl (C=O) groups excluding carboxylic acids is 1. The molecule has 0 radical (unpaired) electrons. The van der Waals surface area contributed by atoms with Gasteiger partial charge in [0.1, 0.15) is 0 Å². The summed E-state index contributed by atoms with van der Waals surface area (Å²) in [7, 11) is 0. The van der Waals surface area contributed by atoms with Crippen LogP contribution in [-0.4, -0.2) is 22.3 Å². The Hall–Kier alpha value is -2.43. The van der Waals surface area contributed by atoms with Gasteiger partial charge in [0.15, 0.2) is 0 Å². The topological polar surface area (TPSA) is 33.2 Å². The second-order valence-electron chi connectivity index (χ2n) is 6.66. The molecular weight excluding hydrogens is 376 g/mol. The van der Waals surface area contributed by atoms with Crippen molar-refractivity contribution < 1.29 is 4.79 Å². The fraction of sp³-hybridized carbons (Fsp3) is 0.182. The summed E-state index contributed by atoms with van der Waals surface area (Å²) in [4.78, 5) is 20.0. The van der Waals surface area contributed by atoms with Crippen molar-refractivity contribution >= 4 is 28.8 Å². The van der Waals surface area contributed by atoms with E-state index in [4.69, 9.17) is 16.6 Å². The van der Waals surface area contributed by atoms with Crippen LogP contribution in [0.25, 0.3) is 11.3 Å². The van der Waals surface area contributed by atoms with E-state index in [0.29, 0.717) is 13.1 Å². The lowest BCUT2D eigenvalue weighted by Gasteiger charge is -2.33. The molecule has 0 unspecified atom stereocenters. The monoisotopic (exact) mass is 394 g/mol. The Morgan fingerprint density at radius 3 is 2.85 bits per heavy atom. The number of nitrogens with zero attached hydrogens (tertiary/aromatic N) is 2.